The Bertz CT molecular complexity index is 308. The number of carbonyl (C=O) groups is 1. The predicted molar refractivity (Wildman–Crippen MR) is 78.7 cm³/mol. The van der Waals surface area contributed by atoms with Gasteiger partial charge in [-0.1, -0.05) is 33.1 Å². The van der Waals surface area contributed by atoms with Gasteiger partial charge in [-0.15, -0.1) is 0 Å². The number of likely N-dealkylation sites (tertiary alicyclic amines) is 1. The number of hydrogen-bond acceptors (Lipinski definition) is 2. The first kappa shape index (κ1) is 14.8. The lowest BCUT2D eigenvalue weighted by atomic mass is 9.76. The third-order valence-electron chi connectivity index (χ3n) is 5.66. The summed E-state index contributed by atoms with van der Waals surface area (Å²) in [6.07, 6.45) is 8.21. The van der Waals surface area contributed by atoms with E-state index in [1.165, 1.54) is 19.3 Å². The number of hydrogen-bond donors (Lipinski definition) is 1. The highest BCUT2D eigenvalue weighted by Crippen LogP contribution is 2.36. The second-order valence-corrected chi connectivity index (χ2v) is 6.88. The highest BCUT2D eigenvalue weighted by atomic mass is 16.2. The average Bonchev–Trinajstić information content (AvgIpc) is 2.47. The molecular formula is C16H30N2O. The number of piperidine rings is 1. The van der Waals surface area contributed by atoms with Crippen molar-refractivity contribution in [2.45, 2.75) is 58.8 Å². The van der Waals surface area contributed by atoms with Crippen LogP contribution >= 0.6 is 0 Å². The van der Waals surface area contributed by atoms with E-state index in [1.807, 2.05) is 0 Å². The molecule has 1 saturated heterocycles. The molecule has 0 aromatic carbocycles. The molecule has 3 heteroatoms. The molecule has 1 saturated carbocycles. The number of carbonyl (C=O) groups excluding carboxylic acids is 1. The fourth-order valence-electron chi connectivity index (χ4n) is 3.67. The van der Waals surface area contributed by atoms with Crippen LogP contribution in [0.1, 0.15) is 58.8 Å². The van der Waals surface area contributed by atoms with E-state index in [1.54, 1.807) is 0 Å². The molecular weight excluding hydrogens is 236 g/mol. The summed E-state index contributed by atoms with van der Waals surface area (Å²) < 4.78 is 0. The fourth-order valence-corrected chi connectivity index (χ4v) is 3.67. The SMILES string of the molecule is CCC1(C)CCN(C(=O)C2CCCCC2CN)CC1. The molecule has 0 spiro atoms. The van der Waals surface area contributed by atoms with Crippen LogP contribution in [0.3, 0.4) is 0 Å². The summed E-state index contributed by atoms with van der Waals surface area (Å²) in [5.41, 5.74) is 6.31. The molecule has 0 aromatic rings. The zero-order chi connectivity index (χ0) is 13.9. The van der Waals surface area contributed by atoms with Gasteiger partial charge in [0.05, 0.1) is 0 Å². The lowest BCUT2D eigenvalue weighted by Crippen LogP contribution is -2.47. The van der Waals surface area contributed by atoms with Gasteiger partial charge in [0.2, 0.25) is 5.91 Å². The van der Waals surface area contributed by atoms with Crippen molar-refractivity contribution in [1.29, 1.82) is 0 Å². The van der Waals surface area contributed by atoms with Crippen LogP contribution in [0.5, 0.6) is 0 Å². The normalized spacial score (nSPS) is 31.2. The maximum Gasteiger partial charge on any atom is 0.226 e. The summed E-state index contributed by atoms with van der Waals surface area (Å²) in [6.45, 7) is 7.21. The minimum absolute atomic E-state index is 0.213. The molecule has 1 aliphatic carbocycles. The van der Waals surface area contributed by atoms with Gasteiger partial charge >= 0.3 is 0 Å². The molecule has 110 valence electrons. The molecule has 0 aromatic heterocycles. The minimum atomic E-state index is 0.213. The maximum atomic E-state index is 12.7. The molecule has 1 aliphatic heterocycles. The van der Waals surface area contributed by atoms with Crippen LogP contribution in [-0.4, -0.2) is 30.4 Å². The molecule has 1 heterocycles. The van der Waals surface area contributed by atoms with E-state index in [9.17, 15) is 4.79 Å². The van der Waals surface area contributed by atoms with E-state index in [4.69, 9.17) is 5.73 Å². The molecule has 2 N–H and O–H groups in total. The van der Waals surface area contributed by atoms with Crippen LogP contribution < -0.4 is 5.73 Å². The highest BCUT2D eigenvalue weighted by Gasteiger charge is 2.36. The first-order valence-corrected chi connectivity index (χ1v) is 8.08. The van der Waals surface area contributed by atoms with E-state index in [-0.39, 0.29) is 5.92 Å². The van der Waals surface area contributed by atoms with E-state index in [2.05, 4.69) is 18.7 Å². The zero-order valence-electron chi connectivity index (χ0n) is 12.7. The van der Waals surface area contributed by atoms with Crippen molar-refractivity contribution in [3.63, 3.8) is 0 Å². The molecule has 2 rings (SSSR count). The lowest BCUT2D eigenvalue weighted by Gasteiger charge is -2.41. The molecule has 0 bridgehead atoms. The molecule has 19 heavy (non-hydrogen) atoms. The number of rotatable bonds is 3. The maximum absolute atomic E-state index is 12.7. The minimum Gasteiger partial charge on any atom is -0.342 e. The van der Waals surface area contributed by atoms with Crippen LogP contribution in [0.25, 0.3) is 0 Å². The Morgan fingerprint density at radius 2 is 1.89 bits per heavy atom. The number of amides is 1. The van der Waals surface area contributed by atoms with Crippen LogP contribution in [0.2, 0.25) is 0 Å². The summed E-state index contributed by atoms with van der Waals surface area (Å²) in [5.74, 6) is 1.04. The van der Waals surface area contributed by atoms with Gasteiger partial charge in [-0.3, -0.25) is 4.79 Å². The summed E-state index contributed by atoms with van der Waals surface area (Å²) >= 11 is 0. The van der Waals surface area contributed by atoms with E-state index >= 15 is 0 Å². The first-order chi connectivity index (χ1) is 9.09. The number of nitrogens with two attached hydrogens (primary N) is 1. The van der Waals surface area contributed by atoms with E-state index in [0.717, 1.165) is 38.8 Å². The van der Waals surface area contributed by atoms with E-state index in [0.29, 0.717) is 23.8 Å². The highest BCUT2D eigenvalue weighted by molar-refractivity contribution is 5.79. The summed E-state index contributed by atoms with van der Waals surface area (Å²) in [6, 6.07) is 0. The fraction of sp³-hybridized carbons (Fsp3) is 0.938. The van der Waals surface area contributed by atoms with Gasteiger partial charge in [-0.25, -0.2) is 0 Å². The topological polar surface area (TPSA) is 46.3 Å². The Labute approximate surface area is 117 Å². The van der Waals surface area contributed by atoms with Crippen molar-refractivity contribution in [1.82, 2.24) is 4.90 Å². The third-order valence-corrected chi connectivity index (χ3v) is 5.66. The van der Waals surface area contributed by atoms with Crippen LogP contribution in [-0.2, 0) is 4.79 Å². The average molecular weight is 266 g/mol. The number of nitrogens with zero attached hydrogens (tertiary/aromatic N) is 1. The Morgan fingerprint density at radius 3 is 2.47 bits per heavy atom. The van der Waals surface area contributed by atoms with Gasteiger partial charge in [0.1, 0.15) is 0 Å². The van der Waals surface area contributed by atoms with Crippen molar-refractivity contribution >= 4 is 5.91 Å². The van der Waals surface area contributed by atoms with E-state index < -0.39 is 0 Å². The molecule has 2 unspecified atom stereocenters. The van der Waals surface area contributed by atoms with Crippen LogP contribution in [0, 0.1) is 17.3 Å². The Balaban J connectivity index is 1.93. The van der Waals surface area contributed by atoms with Gasteiger partial charge in [-0.05, 0) is 43.6 Å². The van der Waals surface area contributed by atoms with Crippen molar-refractivity contribution in [3.05, 3.63) is 0 Å². The van der Waals surface area contributed by atoms with Gasteiger partial charge in [-0.2, -0.15) is 0 Å². The van der Waals surface area contributed by atoms with Crippen molar-refractivity contribution in [3.8, 4) is 0 Å². The molecule has 3 nitrogen and oxygen atoms in total. The van der Waals surface area contributed by atoms with Crippen molar-refractivity contribution in [2.75, 3.05) is 19.6 Å². The van der Waals surface area contributed by atoms with Crippen LogP contribution in [0.15, 0.2) is 0 Å². The van der Waals surface area contributed by atoms with Gasteiger partial charge in [0.25, 0.3) is 0 Å². The Hall–Kier alpha value is -0.570. The summed E-state index contributed by atoms with van der Waals surface area (Å²) in [4.78, 5) is 14.8. The monoisotopic (exact) mass is 266 g/mol. The zero-order valence-corrected chi connectivity index (χ0v) is 12.7. The quantitative estimate of drug-likeness (QED) is 0.854. The molecule has 0 radical (unpaired) electrons. The second-order valence-electron chi connectivity index (χ2n) is 6.88. The molecule has 2 aliphatic rings. The summed E-state index contributed by atoms with van der Waals surface area (Å²) in [5, 5.41) is 0. The smallest absolute Gasteiger partial charge is 0.226 e. The Morgan fingerprint density at radius 1 is 1.26 bits per heavy atom. The first-order valence-electron chi connectivity index (χ1n) is 8.08. The lowest BCUT2D eigenvalue weighted by molar-refractivity contribution is -0.140. The van der Waals surface area contributed by atoms with Crippen molar-refractivity contribution < 1.29 is 4.79 Å². The standard InChI is InChI=1S/C16H30N2O/c1-3-16(2)8-10-18(11-9-16)15(19)14-7-5-4-6-13(14)12-17/h13-14H,3-12,17H2,1-2H3. The van der Waals surface area contributed by atoms with Gasteiger partial charge in [0, 0.05) is 19.0 Å². The van der Waals surface area contributed by atoms with Gasteiger partial charge in [0.15, 0.2) is 0 Å². The molecule has 1 amide bonds. The Kier molecular flexibility index (Phi) is 4.88. The predicted octanol–water partition coefficient (Wildman–Crippen LogP) is 2.79. The summed E-state index contributed by atoms with van der Waals surface area (Å²) in [7, 11) is 0. The second kappa shape index (κ2) is 6.25. The largest absolute Gasteiger partial charge is 0.342 e. The third kappa shape index (κ3) is 3.31. The van der Waals surface area contributed by atoms with Crippen molar-refractivity contribution in [2.24, 2.45) is 23.0 Å². The van der Waals surface area contributed by atoms with Crippen LogP contribution in [0.4, 0.5) is 0 Å². The van der Waals surface area contributed by atoms with Gasteiger partial charge < -0.3 is 10.6 Å². The molecule has 2 atom stereocenters. The molecule has 2 fully saturated rings.